The average molecular weight is 471 g/mol. The van der Waals surface area contributed by atoms with Gasteiger partial charge in [-0.25, -0.2) is 4.79 Å². The van der Waals surface area contributed by atoms with Gasteiger partial charge in [0, 0.05) is 51.2 Å². The summed E-state index contributed by atoms with van der Waals surface area (Å²) in [6.07, 6.45) is 5.02. The zero-order chi connectivity index (χ0) is 24.3. The molecule has 2 aliphatic rings. The van der Waals surface area contributed by atoms with E-state index in [2.05, 4.69) is 27.3 Å². The van der Waals surface area contributed by atoms with Gasteiger partial charge in [-0.1, -0.05) is 66.7 Å². The van der Waals surface area contributed by atoms with Crippen LogP contribution in [0.1, 0.15) is 29.5 Å². The van der Waals surface area contributed by atoms with Gasteiger partial charge in [0.05, 0.1) is 5.60 Å². The summed E-state index contributed by atoms with van der Waals surface area (Å²) >= 11 is 0. The normalized spacial score (nSPS) is 22.3. The van der Waals surface area contributed by atoms with E-state index in [9.17, 15) is 9.59 Å². The summed E-state index contributed by atoms with van der Waals surface area (Å²) in [7, 11) is 1.78. The highest BCUT2D eigenvalue weighted by Gasteiger charge is 2.53. The maximum Gasteiger partial charge on any atom is 0.325 e. The number of methoxy groups -OCH3 is 1. The van der Waals surface area contributed by atoms with E-state index in [1.807, 2.05) is 54.6 Å². The number of likely N-dealkylation sites (tertiary alicyclic amines) is 1. The lowest BCUT2D eigenvalue weighted by atomic mass is 9.83. The average Bonchev–Trinajstić information content (AvgIpc) is 3.19. The van der Waals surface area contributed by atoms with Crippen LogP contribution in [0.3, 0.4) is 0 Å². The summed E-state index contributed by atoms with van der Waals surface area (Å²) < 4.78 is 5.99. The fourth-order valence-electron chi connectivity index (χ4n) is 5.34. The molecule has 7 nitrogen and oxygen atoms in total. The summed E-state index contributed by atoms with van der Waals surface area (Å²) in [4.78, 5) is 34.8. The number of hydrogen-bond acceptors (Lipinski definition) is 5. The van der Waals surface area contributed by atoms with Gasteiger partial charge in [0.25, 0.3) is 5.91 Å². The highest BCUT2D eigenvalue weighted by atomic mass is 16.5. The summed E-state index contributed by atoms with van der Waals surface area (Å²) in [5.41, 5.74) is 1.01. The van der Waals surface area contributed by atoms with Crippen LogP contribution in [-0.4, -0.2) is 60.0 Å². The Morgan fingerprint density at radius 3 is 2.09 bits per heavy atom. The summed E-state index contributed by atoms with van der Waals surface area (Å²) in [6, 6.07) is 23.0. The molecule has 1 aromatic heterocycles. The molecule has 3 heterocycles. The zero-order valence-corrected chi connectivity index (χ0v) is 19.9. The molecule has 0 aliphatic carbocycles. The molecule has 3 amide bonds. The second kappa shape index (κ2) is 9.60. The molecule has 0 saturated carbocycles. The maximum absolute atomic E-state index is 13.8. The molecule has 2 saturated heterocycles. The number of nitrogens with one attached hydrogen (secondary N) is 1. The van der Waals surface area contributed by atoms with Gasteiger partial charge in [-0.15, -0.1) is 0 Å². The molecular formula is C28H30N4O3. The van der Waals surface area contributed by atoms with Crippen LogP contribution in [0, 0.1) is 0 Å². The summed E-state index contributed by atoms with van der Waals surface area (Å²) in [5, 5.41) is 2.99. The number of pyridine rings is 1. The number of imide groups is 1. The first-order valence-corrected chi connectivity index (χ1v) is 12.0. The minimum absolute atomic E-state index is 0.269. The van der Waals surface area contributed by atoms with Crippen molar-refractivity contribution in [2.24, 2.45) is 0 Å². The third-order valence-electron chi connectivity index (χ3n) is 7.40. The number of amides is 3. The van der Waals surface area contributed by atoms with Gasteiger partial charge < -0.3 is 15.0 Å². The van der Waals surface area contributed by atoms with E-state index in [-0.39, 0.29) is 17.5 Å². The lowest BCUT2D eigenvalue weighted by molar-refractivity contribution is -0.130. The predicted octanol–water partition coefficient (Wildman–Crippen LogP) is 3.51. The minimum Gasteiger partial charge on any atom is -0.373 e. The van der Waals surface area contributed by atoms with Gasteiger partial charge in [-0.2, -0.15) is 0 Å². The third-order valence-corrected chi connectivity index (χ3v) is 7.40. The first kappa shape index (κ1) is 23.2. The lowest BCUT2D eigenvalue weighted by Crippen LogP contribution is -2.47. The van der Waals surface area contributed by atoms with Gasteiger partial charge in [-0.3, -0.25) is 14.7 Å². The van der Waals surface area contributed by atoms with Crippen molar-refractivity contribution in [1.29, 1.82) is 0 Å². The number of nitrogens with zero attached hydrogens (tertiary/aromatic N) is 3. The summed E-state index contributed by atoms with van der Waals surface area (Å²) in [6.45, 7) is 2.61. The van der Waals surface area contributed by atoms with Crippen molar-refractivity contribution < 1.29 is 14.3 Å². The molecule has 0 bridgehead atoms. The molecule has 0 radical (unpaired) electrons. The maximum atomic E-state index is 13.8. The Labute approximate surface area is 205 Å². The van der Waals surface area contributed by atoms with E-state index in [1.165, 1.54) is 10.5 Å². The molecule has 1 N–H and O–H groups in total. The van der Waals surface area contributed by atoms with Crippen LogP contribution in [0.2, 0.25) is 0 Å². The van der Waals surface area contributed by atoms with Crippen LogP contribution in [0.4, 0.5) is 4.79 Å². The van der Waals surface area contributed by atoms with Gasteiger partial charge >= 0.3 is 6.03 Å². The molecule has 2 aromatic carbocycles. The van der Waals surface area contributed by atoms with E-state index in [4.69, 9.17) is 4.74 Å². The number of benzene rings is 2. The van der Waals surface area contributed by atoms with Gasteiger partial charge in [0.2, 0.25) is 0 Å². The molecule has 180 valence electrons. The Morgan fingerprint density at radius 1 is 0.857 bits per heavy atom. The summed E-state index contributed by atoms with van der Waals surface area (Å²) in [5.74, 6) is -0.269. The first-order valence-electron chi connectivity index (χ1n) is 12.0. The van der Waals surface area contributed by atoms with Crippen molar-refractivity contribution in [2.45, 2.75) is 24.0 Å². The molecule has 3 aromatic rings. The number of piperidine rings is 1. The Bertz CT molecular complexity index is 1120. The minimum atomic E-state index is -1.27. The number of aromatic nitrogens is 1. The molecular weight excluding hydrogens is 440 g/mol. The highest BCUT2D eigenvalue weighted by Crippen LogP contribution is 2.37. The highest BCUT2D eigenvalue weighted by molar-refractivity contribution is 6.09. The lowest BCUT2D eigenvalue weighted by Gasteiger charge is -2.41. The molecule has 2 aliphatic heterocycles. The number of urea groups is 1. The Kier molecular flexibility index (Phi) is 6.36. The number of carbonyl (C=O) groups excluding carboxylic acids is 2. The molecule has 2 fully saturated rings. The number of rotatable bonds is 7. The second-order valence-electron chi connectivity index (χ2n) is 9.15. The number of ether oxygens (including phenoxy) is 1. The van der Waals surface area contributed by atoms with E-state index >= 15 is 0 Å². The molecule has 0 spiro atoms. The van der Waals surface area contributed by atoms with E-state index < -0.39 is 5.54 Å². The number of carbonyl (C=O) groups is 2. The Balaban J connectivity index is 1.31. The van der Waals surface area contributed by atoms with Crippen LogP contribution in [0.25, 0.3) is 0 Å². The van der Waals surface area contributed by atoms with Crippen LogP contribution in [-0.2, 0) is 20.7 Å². The molecule has 5 rings (SSSR count). The Hall–Kier alpha value is -3.55. The fourth-order valence-corrected chi connectivity index (χ4v) is 5.34. The first-order chi connectivity index (χ1) is 17.1. The second-order valence-corrected chi connectivity index (χ2v) is 9.15. The predicted molar refractivity (Wildman–Crippen MR) is 133 cm³/mol. The van der Waals surface area contributed by atoms with Crippen LogP contribution in [0.5, 0.6) is 0 Å². The van der Waals surface area contributed by atoms with Gasteiger partial charge in [0.1, 0.15) is 0 Å². The Morgan fingerprint density at radius 2 is 1.49 bits per heavy atom. The topological polar surface area (TPSA) is 74.8 Å². The van der Waals surface area contributed by atoms with E-state index in [1.54, 1.807) is 25.6 Å². The fraction of sp³-hybridized carbons (Fsp3) is 0.321. The molecule has 7 heteroatoms. The largest absolute Gasteiger partial charge is 0.373 e. The van der Waals surface area contributed by atoms with Crippen molar-refractivity contribution in [3.8, 4) is 0 Å². The standard InChI is InChI=1S/C28H30N4O3/c1-35-27(22-9-4-2-5-10-22)14-17-31(18-15-27)19-20-32-25(33)28(30-26(32)34,23-11-6-3-7-12-23)24-13-8-16-29-21-24/h2-13,16,21H,14-15,17-20H2,1H3,(H,30,34). The van der Waals surface area contributed by atoms with Crippen LogP contribution >= 0.6 is 0 Å². The van der Waals surface area contributed by atoms with Gasteiger partial charge in [-0.05, 0) is 30.0 Å². The van der Waals surface area contributed by atoms with Crippen LogP contribution in [0.15, 0.2) is 85.2 Å². The SMILES string of the molecule is COC1(c2ccccc2)CCN(CCN2C(=O)NC(c3ccccc3)(c3cccnc3)C2=O)CC1. The quantitative estimate of drug-likeness (QED) is 0.535. The number of hydrogen-bond donors (Lipinski definition) is 1. The van der Waals surface area contributed by atoms with Gasteiger partial charge in [0.15, 0.2) is 5.54 Å². The van der Waals surface area contributed by atoms with E-state index in [0.29, 0.717) is 18.7 Å². The van der Waals surface area contributed by atoms with Crippen molar-refractivity contribution >= 4 is 11.9 Å². The third kappa shape index (κ3) is 4.11. The van der Waals surface area contributed by atoms with Crippen molar-refractivity contribution in [2.75, 3.05) is 33.3 Å². The smallest absolute Gasteiger partial charge is 0.325 e. The van der Waals surface area contributed by atoms with Crippen LogP contribution < -0.4 is 5.32 Å². The van der Waals surface area contributed by atoms with Crippen molar-refractivity contribution in [3.63, 3.8) is 0 Å². The van der Waals surface area contributed by atoms with Crippen molar-refractivity contribution in [1.82, 2.24) is 20.1 Å². The molecule has 1 unspecified atom stereocenters. The van der Waals surface area contributed by atoms with E-state index in [0.717, 1.165) is 31.5 Å². The van der Waals surface area contributed by atoms with Crippen molar-refractivity contribution in [3.05, 3.63) is 102 Å². The zero-order valence-electron chi connectivity index (χ0n) is 19.9. The monoisotopic (exact) mass is 470 g/mol. The molecule has 35 heavy (non-hydrogen) atoms. The molecule has 1 atom stereocenters.